The molecule has 0 amide bonds. The van der Waals surface area contributed by atoms with Crippen molar-refractivity contribution in [2.75, 3.05) is 23.4 Å². The number of nitrogens with zero attached hydrogens (tertiary/aromatic N) is 2. The highest BCUT2D eigenvalue weighted by atomic mass is 35.5. The van der Waals surface area contributed by atoms with Crippen LogP contribution in [-0.4, -0.2) is 35.5 Å². The predicted molar refractivity (Wildman–Crippen MR) is 101 cm³/mol. The standard InChI is InChI=1S/C18H20ClN3O3/c1-3-22(4-2)14-7-5-12(17(23)10-14)11-20-21-13-6-8-16(19)15(9-13)18(24)25/h5-11,21,23H,3-4H2,1-2H3,(H,24,25). The van der Waals surface area contributed by atoms with Gasteiger partial charge in [-0.25, -0.2) is 4.79 Å². The van der Waals surface area contributed by atoms with Gasteiger partial charge in [-0.05, 0) is 44.2 Å². The number of hydrogen-bond acceptors (Lipinski definition) is 5. The van der Waals surface area contributed by atoms with Gasteiger partial charge in [0.25, 0.3) is 0 Å². The molecule has 25 heavy (non-hydrogen) atoms. The average Bonchev–Trinajstić information content (AvgIpc) is 2.59. The SMILES string of the molecule is CCN(CC)c1ccc(C=NNc2ccc(Cl)c(C(=O)O)c2)c(O)c1. The third-order valence-electron chi connectivity index (χ3n) is 3.74. The fourth-order valence-electron chi connectivity index (χ4n) is 2.36. The minimum Gasteiger partial charge on any atom is -0.507 e. The number of carboxylic acids is 1. The number of halogens is 1. The molecule has 0 unspecified atom stereocenters. The normalized spacial score (nSPS) is 10.8. The molecule has 6 nitrogen and oxygen atoms in total. The molecule has 0 aliphatic carbocycles. The second-order valence-corrected chi connectivity index (χ2v) is 5.69. The molecule has 0 fully saturated rings. The zero-order valence-electron chi connectivity index (χ0n) is 14.0. The summed E-state index contributed by atoms with van der Waals surface area (Å²) in [5.74, 6) is -0.987. The van der Waals surface area contributed by atoms with Crippen LogP contribution in [0.2, 0.25) is 5.02 Å². The zero-order chi connectivity index (χ0) is 18.4. The number of aromatic carboxylic acids is 1. The van der Waals surface area contributed by atoms with Gasteiger partial charge in [0.2, 0.25) is 0 Å². The number of phenols is 1. The van der Waals surface area contributed by atoms with Crippen LogP contribution >= 0.6 is 11.6 Å². The van der Waals surface area contributed by atoms with E-state index in [1.807, 2.05) is 6.07 Å². The topological polar surface area (TPSA) is 85.2 Å². The van der Waals surface area contributed by atoms with E-state index in [-0.39, 0.29) is 16.3 Å². The monoisotopic (exact) mass is 361 g/mol. The fourth-order valence-corrected chi connectivity index (χ4v) is 2.56. The van der Waals surface area contributed by atoms with Gasteiger partial charge < -0.3 is 15.1 Å². The molecule has 0 saturated carbocycles. The van der Waals surface area contributed by atoms with Crippen molar-refractivity contribution in [2.24, 2.45) is 5.10 Å². The summed E-state index contributed by atoms with van der Waals surface area (Å²) in [5.41, 5.74) is 4.70. The third kappa shape index (κ3) is 4.64. The van der Waals surface area contributed by atoms with E-state index in [1.165, 1.54) is 18.3 Å². The maximum Gasteiger partial charge on any atom is 0.337 e. The Hall–Kier alpha value is -2.73. The number of rotatable bonds is 7. The van der Waals surface area contributed by atoms with Crippen LogP contribution in [0.25, 0.3) is 0 Å². The zero-order valence-corrected chi connectivity index (χ0v) is 14.8. The van der Waals surface area contributed by atoms with E-state index >= 15 is 0 Å². The van der Waals surface area contributed by atoms with E-state index in [0.717, 1.165) is 18.8 Å². The lowest BCUT2D eigenvalue weighted by Crippen LogP contribution is -2.21. The van der Waals surface area contributed by atoms with Gasteiger partial charge in [0.05, 0.1) is 22.5 Å². The molecular weight excluding hydrogens is 342 g/mol. The van der Waals surface area contributed by atoms with Crippen LogP contribution in [0.3, 0.4) is 0 Å². The molecule has 7 heteroatoms. The van der Waals surface area contributed by atoms with Crippen molar-refractivity contribution in [1.82, 2.24) is 0 Å². The van der Waals surface area contributed by atoms with Crippen molar-refractivity contribution >= 4 is 35.2 Å². The summed E-state index contributed by atoms with van der Waals surface area (Å²) in [6.07, 6.45) is 1.47. The Kier molecular flexibility index (Phi) is 6.25. The number of phenolic OH excluding ortho intramolecular Hbond substituents is 1. The Morgan fingerprint density at radius 3 is 2.56 bits per heavy atom. The van der Waals surface area contributed by atoms with Crippen LogP contribution in [0, 0.1) is 0 Å². The lowest BCUT2D eigenvalue weighted by atomic mass is 10.2. The molecule has 2 rings (SSSR count). The van der Waals surface area contributed by atoms with Crippen LogP contribution in [0.1, 0.15) is 29.8 Å². The highest BCUT2D eigenvalue weighted by Crippen LogP contribution is 2.24. The lowest BCUT2D eigenvalue weighted by molar-refractivity contribution is 0.0697. The number of carboxylic acid groups (broad SMARTS) is 1. The summed E-state index contributed by atoms with van der Waals surface area (Å²) in [5, 5.41) is 23.4. The quantitative estimate of drug-likeness (QED) is 0.512. The molecule has 132 valence electrons. The summed E-state index contributed by atoms with van der Waals surface area (Å²) in [7, 11) is 0. The number of anilines is 2. The molecule has 0 aromatic heterocycles. The van der Waals surface area contributed by atoms with Crippen LogP contribution in [-0.2, 0) is 0 Å². The second-order valence-electron chi connectivity index (χ2n) is 5.29. The van der Waals surface area contributed by atoms with Gasteiger partial charge in [0, 0.05) is 30.4 Å². The van der Waals surface area contributed by atoms with Gasteiger partial charge in [-0.15, -0.1) is 0 Å². The first-order valence-corrected chi connectivity index (χ1v) is 8.24. The minimum absolute atomic E-state index is 0.00621. The summed E-state index contributed by atoms with van der Waals surface area (Å²) in [6, 6.07) is 9.89. The Morgan fingerprint density at radius 2 is 1.96 bits per heavy atom. The molecule has 0 atom stereocenters. The Labute approximate surface area is 151 Å². The smallest absolute Gasteiger partial charge is 0.337 e. The summed E-state index contributed by atoms with van der Waals surface area (Å²) in [6.45, 7) is 5.81. The van der Waals surface area contributed by atoms with Gasteiger partial charge in [-0.2, -0.15) is 5.10 Å². The van der Waals surface area contributed by atoms with Crippen LogP contribution < -0.4 is 10.3 Å². The van der Waals surface area contributed by atoms with E-state index < -0.39 is 5.97 Å². The van der Waals surface area contributed by atoms with E-state index in [0.29, 0.717) is 11.3 Å². The first kappa shape index (κ1) is 18.6. The molecule has 0 radical (unpaired) electrons. The number of hydrogen-bond donors (Lipinski definition) is 3. The van der Waals surface area contributed by atoms with Gasteiger partial charge in [0.1, 0.15) is 5.75 Å². The Morgan fingerprint density at radius 1 is 1.24 bits per heavy atom. The summed E-state index contributed by atoms with van der Waals surface area (Å²) >= 11 is 5.82. The Balaban J connectivity index is 2.12. The van der Waals surface area contributed by atoms with Crippen LogP contribution in [0.15, 0.2) is 41.5 Å². The number of carbonyl (C=O) groups is 1. The molecule has 2 aromatic rings. The lowest BCUT2D eigenvalue weighted by Gasteiger charge is -2.21. The molecular formula is C18H20ClN3O3. The van der Waals surface area contributed by atoms with Gasteiger partial charge in [-0.1, -0.05) is 11.6 Å². The summed E-state index contributed by atoms with van der Waals surface area (Å²) < 4.78 is 0. The van der Waals surface area contributed by atoms with E-state index in [9.17, 15) is 9.90 Å². The van der Waals surface area contributed by atoms with Gasteiger partial charge >= 0.3 is 5.97 Å². The van der Waals surface area contributed by atoms with E-state index in [2.05, 4.69) is 29.3 Å². The molecule has 0 saturated heterocycles. The number of hydrazone groups is 1. The Bertz CT molecular complexity index is 789. The molecule has 0 heterocycles. The van der Waals surface area contributed by atoms with Crippen molar-refractivity contribution < 1.29 is 15.0 Å². The largest absolute Gasteiger partial charge is 0.507 e. The predicted octanol–water partition coefficient (Wildman–Crippen LogP) is 4.04. The molecule has 2 aromatic carbocycles. The first-order valence-electron chi connectivity index (χ1n) is 7.86. The number of benzene rings is 2. The average molecular weight is 362 g/mol. The van der Waals surface area contributed by atoms with Crippen molar-refractivity contribution in [1.29, 1.82) is 0 Å². The molecule has 0 bridgehead atoms. The highest BCUT2D eigenvalue weighted by Gasteiger charge is 2.09. The van der Waals surface area contributed by atoms with Crippen molar-refractivity contribution in [3.8, 4) is 5.75 Å². The van der Waals surface area contributed by atoms with Gasteiger partial charge in [-0.3, -0.25) is 5.43 Å². The highest BCUT2D eigenvalue weighted by molar-refractivity contribution is 6.33. The third-order valence-corrected chi connectivity index (χ3v) is 4.07. The summed E-state index contributed by atoms with van der Waals surface area (Å²) in [4.78, 5) is 13.2. The second kappa shape index (κ2) is 8.39. The molecule has 0 aliphatic heterocycles. The van der Waals surface area contributed by atoms with Crippen molar-refractivity contribution in [2.45, 2.75) is 13.8 Å². The van der Waals surface area contributed by atoms with E-state index in [4.69, 9.17) is 16.7 Å². The fraction of sp³-hybridized carbons (Fsp3) is 0.222. The molecule has 3 N–H and O–H groups in total. The van der Waals surface area contributed by atoms with E-state index in [1.54, 1.807) is 18.2 Å². The van der Waals surface area contributed by atoms with Gasteiger partial charge in [0.15, 0.2) is 0 Å². The number of aromatic hydroxyl groups is 1. The van der Waals surface area contributed by atoms with Crippen molar-refractivity contribution in [3.05, 3.63) is 52.5 Å². The minimum atomic E-state index is -1.11. The first-order chi connectivity index (χ1) is 12.0. The maximum atomic E-state index is 11.1. The molecule has 0 aliphatic rings. The molecule has 0 spiro atoms. The van der Waals surface area contributed by atoms with Crippen molar-refractivity contribution in [3.63, 3.8) is 0 Å². The maximum absolute atomic E-state index is 11.1. The van der Waals surface area contributed by atoms with Crippen LogP contribution in [0.5, 0.6) is 5.75 Å². The van der Waals surface area contributed by atoms with Crippen LogP contribution in [0.4, 0.5) is 11.4 Å². The number of nitrogens with one attached hydrogen (secondary N) is 1.